The van der Waals surface area contributed by atoms with E-state index in [9.17, 15) is 116 Å². The molecule has 0 bridgehead atoms. The highest BCUT2D eigenvalue weighted by molar-refractivity contribution is 7.93. The summed E-state index contributed by atoms with van der Waals surface area (Å²) in [5.74, 6) is -0.162. The van der Waals surface area contributed by atoms with Gasteiger partial charge in [-0.05, 0) is 94.1 Å². The smallest absolute Gasteiger partial charge is 0.267 e. The maximum atomic E-state index is 11.0. The molecule has 4 atom stereocenters. The fourth-order valence-corrected chi connectivity index (χ4v) is 13.7. The van der Waals surface area contributed by atoms with Crippen molar-refractivity contribution < 1.29 is 130 Å². The molecule has 0 saturated carbocycles. The van der Waals surface area contributed by atoms with Crippen molar-refractivity contribution in [1.82, 2.24) is 50.1 Å². The van der Waals surface area contributed by atoms with Crippen LogP contribution in [0.1, 0.15) is 247 Å². The zero-order valence-corrected chi connectivity index (χ0v) is 90.8. The number of nitrogens with one attached hydrogen (secondary N) is 7. The van der Waals surface area contributed by atoms with Crippen molar-refractivity contribution in [3.8, 4) is 0 Å². The van der Waals surface area contributed by atoms with Crippen molar-refractivity contribution >= 4 is 161 Å². The normalized spacial score (nSPS) is 12.9. The molecule has 758 valence electrons. The van der Waals surface area contributed by atoms with Gasteiger partial charge in [0.2, 0.25) is 67.3 Å². The maximum absolute atomic E-state index is 11.0. The molecule has 4 unspecified atom stereocenters. The molecule has 8 amide bonds. The summed E-state index contributed by atoms with van der Waals surface area (Å²) in [5, 5.41) is 27.7. The number of aromatic amines is 1. The van der Waals surface area contributed by atoms with Crippen LogP contribution in [0.5, 0.6) is 0 Å². The summed E-state index contributed by atoms with van der Waals surface area (Å²) in [7, 11) is -27.4. The number of H-pyrrole nitrogens is 1. The van der Waals surface area contributed by atoms with Crippen LogP contribution in [0.4, 0.5) is 0 Å². The zero-order valence-electron chi connectivity index (χ0n) is 82.5. The van der Waals surface area contributed by atoms with Crippen LogP contribution in [-0.2, 0) is 145 Å². The number of hydrogen-bond donors (Lipinski definition) is 10. The van der Waals surface area contributed by atoms with Crippen molar-refractivity contribution in [2.24, 2.45) is 80.5 Å². The van der Waals surface area contributed by atoms with Gasteiger partial charge in [-0.3, -0.25) is 91.2 Å². The largest absolute Gasteiger partial charge is 0.344 e. The number of nitrogens with zero attached hydrogens (tertiary/aromatic N) is 6. The Morgan fingerprint density at radius 3 is 1.01 bits per heavy atom. The van der Waals surface area contributed by atoms with Crippen molar-refractivity contribution in [2.75, 3.05) is 80.3 Å². The van der Waals surface area contributed by atoms with Gasteiger partial charge >= 0.3 is 0 Å². The number of aromatic nitrogens is 4. The van der Waals surface area contributed by atoms with Crippen molar-refractivity contribution in [2.45, 2.75) is 263 Å². The van der Waals surface area contributed by atoms with Crippen molar-refractivity contribution in [3.63, 3.8) is 0 Å². The molecular weight excluding hydrogens is 1870 g/mol. The number of imide groups is 2. The van der Waals surface area contributed by atoms with Gasteiger partial charge in [-0.15, -0.1) is 15.3 Å². The van der Waals surface area contributed by atoms with E-state index in [1.54, 1.807) is 69.2 Å². The molecule has 0 aliphatic carbocycles. The first-order chi connectivity index (χ1) is 56.3. The van der Waals surface area contributed by atoms with Gasteiger partial charge in [0.1, 0.15) is 61.4 Å². The van der Waals surface area contributed by atoms with Gasteiger partial charge in [-0.2, -0.15) is 18.7 Å². The highest BCUT2D eigenvalue weighted by Crippen LogP contribution is 2.40. The standard InChI is InChI=1S/C7H13NO2.C7H14O3S.C6H13NO3S.C6H13NO2S.C6H11NO2.C6H12O3S.C5H10N4.C5H9N3.C5H11NO3S.C5H11NO2S.C5H13O2P.C5H12O2S.C4H11O2P.C3H8O3S/c1-5(2)4-7(10)8-6(3)9;1-6(2)4-11(9,10)5-7(3)8;1-5(2)4-6(8)7-11(3,9)10;1-5(2)4-6(8)7-10(3)9;1-4(2)6(9)7-5(3)8;1-5(2)10(8,9)4-6(3)7;1-4(2)3-5-6-8-9-7-5;1-4(2)5-3-6-8-7-5;1-4(2)5(7)6-10(3,8)9;1-4(2)5(7)6-9(3)8;2*1-5(2)4-8(3,6)7;1-4(2)7(3,5)6;1-3(2)7(4,5)6/h5H,4H2,1-3H3,(H,8,9,10);6H,4-5H2,1-3H3;5H,4H2,1-3H3,(H,7,8);5H,4H2,1-3H3,(H,7,8);4H,1-3H3,(H,7,8,9);5H,4H2,1-3H3;4H,3H2,1-2H3,(H,6,7,8,9);4H,3H2,1-2H3;4H,1-3H3,(H,6,7);4H,1-3H3,(H,6,7);5H,4H2,1-3H3,(H,6,7);5H,4H2,1-3H3;4H,1-3H3,(H,5,6);3H,1-2H3,(H,4,5,6). The zero-order chi connectivity index (χ0) is 104. The topological polar surface area (TPSA) is 668 Å². The Kier molecular flexibility index (Phi) is 88.7. The summed E-state index contributed by atoms with van der Waals surface area (Å²) in [6.45, 7) is 59.5. The molecule has 0 spiro atoms. The van der Waals surface area contributed by atoms with E-state index in [1.165, 1.54) is 73.6 Å². The van der Waals surface area contributed by atoms with Gasteiger partial charge in [-0.25, -0.2) is 50.5 Å². The van der Waals surface area contributed by atoms with E-state index in [0.717, 1.165) is 30.5 Å². The van der Waals surface area contributed by atoms with Crippen LogP contribution in [-0.4, -0.2) is 255 Å². The van der Waals surface area contributed by atoms with Crippen LogP contribution < -0.4 is 29.5 Å². The van der Waals surface area contributed by atoms with Crippen molar-refractivity contribution in [3.05, 3.63) is 5.82 Å². The van der Waals surface area contributed by atoms with Crippen LogP contribution in [0.2, 0.25) is 0 Å². The summed E-state index contributed by atoms with van der Waals surface area (Å²) < 4.78 is 185. The lowest BCUT2D eigenvalue weighted by atomic mass is 10.1. The first kappa shape index (κ1) is 147. The van der Waals surface area contributed by atoms with Gasteiger partial charge in [0.25, 0.3) is 10.1 Å². The molecule has 52 heteroatoms. The lowest BCUT2D eigenvalue weighted by Gasteiger charge is -2.06. The predicted molar refractivity (Wildman–Crippen MR) is 507 cm³/mol. The van der Waals surface area contributed by atoms with Crippen LogP contribution in [0, 0.1) is 65.1 Å². The molecule has 2 heterocycles. The molecule has 2 rings (SSSR count). The van der Waals surface area contributed by atoms with Crippen LogP contribution >= 0.6 is 14.7 Å². The molecule has 0 saturated heterocycles. The second-order valence-corrected chi connectivity index (χ2v) is 53.8. The molecule has 1 aromatic rings. The number of carbonyl (C=O) groups excluding carboxylic acids is 10. The van der Waals surface area contributed by atoms with E-state index in [-0.39, 0.29) is 112 Å². The Morgan fingerprint density at radius 1 is 0.472 bits per heavy atom. The van der Waals surface area contributed by atoms with Crippen molar-refractivity contribution in [1.29, 1.82) is 0 Å². The van der Waals surface area contributed by atoms with Gasteiger partial charge in [-0.1, -0.05) is 171 Å². The molecular formula is C75H161N13O29P2S8. The molecule has 1 aromatic heterocycles. The van der Waals surface area contributed by atoms with E-state index >= 15 is 0 Å². The number of tetrazole rings is 1. The average Bonchev–Trinajstić information content (AvgIpc) is 1.48. The van der Waals surface area contributed by atoms with Gasteiger partial charge < -0.3 is 9.79 Å². The first-order valence-corrected chi connectivity index (χ1v) is 58.4. The van der Waals surface area contributed by atoms with Gasteiger partial charge in [0.15, 0.2) is 40.2 Å². The van der Waals surface area contributed by atoms with Crippen LogP contribution in [0.3, 0.4) is 0 Å². The van der Waals surface area contributed by atoms with E-state index in [4.69, 9.17) is 14.3 Å². The third-order valence-corrected chi connectivity index (χ3v) is 24.4. The minimum Gasteiger partial charge on any atom is -0.344 e. The molecule has 0 aromatic carbocycles. The summed E-state index contributed by atoms with van der Waals surface area (Å²) in [6, 6.07) is 0. The van der Waals surface area contributed by atoms with Crippen LogP contribution in [0.25, 0.3) is 0 Å². The fraction of sp³-hybridized carbons (Fsp3) is 0.840. The number of rotatable bonds is 29. The number of carbonyl (C=O) groups is 10. The molecule has 127 heavy (non-hydrogen) atoms. The quantitative estimate of drug-likeness (QED) is 0.0268. The number of sulfonamides is 2. The molecule has 1 aliphatic heterocycles. The summed E-state index contributed by atoms with van der Waals surface area (Å²) in [5.41, 5.74) is 0.998. The summed E-state index contributed by atoms with van der Waals surface area (Å²) >= 11 is 0. The van der Waals surface area contributed by atoms with E-state index in [2.05, 4.69) is 83.8 Å². The second-order valence-electron chi connectivity index (χ2n) is 33.8. The predicted octanol–water partition coefficient (Wildman–Crippen LogP) is 8.04. The monoisotopic (exact) mass is 2030 g/mol. The van der Waals surface area contributed by atoms with Crippen LogP contribution in [0.15, 0.2) is 15.4 Å². The minimum atomic E-state index is -3.74. The molecule has 1 aliphatic rings. The number of sulfone groups is 3. The maximum Gasteiger partial charge on any atom is 0.267 e. The van der Waals surface area contributed by atoms with E-state index < -0.39 is 119 Å². The molecule has 0 radical (unpaired) electrons. The Balaban J connectivity index is -0.000000112. The molecule has 42 nitrogen and oxygen atoms in total. The highest BCUT2D eigenvalue weighted by Gasteiger charge is 2.20. The SMILES string of the molecule is CC(=O)CS(=O)(=O)C(C)C.CC(=O)CS(=O)(=O)CC(C)C.CC(=O)NC(=O)C(C)C.CC(=O)NC(=O)CC(C)C.CC(C)C(=O)NS(C)(=O)=O.CC(C)C(=O)NS(C)=O.CC(C)C1=NN=NC1.CC(C)CC(=O)NS(C)(=O)=O.CC(C)CC(=O)NS(C)=O.CC(C)CP(C)(=O)O.CC(C)CS(C)(=O)=O.CC(C)Cc1nn[nH]n1.CC(C)P(C)(=O)O.CC(C)S(=O)(=O)O. The summed E-state index contributed by atoms with van der Waals surface area (Å²) in [4.78, 5) is 123. The third-order valence-electron chi connectivity index (χ3n) is 12.2. The fourth-order valence-electron chi connectivity index (χ4n) is 6.45. The number of ketones is 2. The Morgan fingerprint density at radius 2 is 0.835 bits per heavy atom. The number of amides is 8. The Hall–Kier alpha value is -5.82. The van der Waals surface area contributed by atoms with E-state index in [1.807, 2.05) is 92.5 Å². The third kappa shape index (κ3) is 141. The van der Waals surface area contributed by atoms with Gasteiger partial charge in [0, 0.05) is 101 Å². The highest BCUT2D eigenvalue weighted by atomic mass is 32.2. The lowest BCUT2D eigenvalue weighted by Crippen LogP contribution is -2.32. The molecule has 10 N–H and O–H groups in total. The average molecular weight is 2030 g/mol. The molecule has 0 fully saturated rings. The first-order valence-electron chi connectivity index (χ1n) is 40.0. The summed E-state index contributed by atoms with van der Waals surface area (Å²) in [6.07, 6.45) is 8.49. The number of Topliss-reactive ketones (excluding diaryl/α,β-unsaturated/α-hetero) is 2. The Bertz CT molecular complexity index is 4190. The van der Waals surface area contributed by atoms with E-state index in [0.29, 0.717) is 60.9 Å². The number of hydrogen-bond acceptors (Lipinski definition) is 32. The minimum absolute atomic E-state index is 0.0890. The Labute approximate surface area is 766 Å². The van der Waals surface area contributed by atoms with Gasteiger partial charge in [0.05, 0.1) is 40.2 Å². The second kappa shape index (κ2) is 76.7. The lowest BCUT2D eigenvalue weighted by molar-refractivity contribution is -0.132.